The summed E-state index contributed by atoms with van der Waals surface area (Å²) in [6.07, 6.45) is 0. The minimum absolute atomic E-state index is 0.223. The van der Waals surface area contributed by atoms with Gasteiger partial charge in [0.25, 0.3) is 0 Å². The van der Waals surface area contributed by atoms with Crippen molar-refractivity contribution in [2.24, 2.45) is 0 Å². The third-order valence-electron chi connectivity index (χ3n) is 6.27. The Kier molecular flexibility index (Phi) is 7.53. The fourth-order valence-electron chi connectivity index (χ4n) is 4.23. The third kappa shape index (κ3) is 4.22. The lowest BCUT2D eigenvalue weighted by molar-refractivity contribution is 0.102. The summed E-state index contributed by atoms with van der Waals surface area (Å²) in [6.45, 7) is 7.30. The van der Waals surface area contributed by atoms with Crippen molar-refractivity contribution in [3.63, 3.8) is 0 Å². The van der Waals surface area contributed by atoms with Gasteiger partial charge in [0.15, 0.2) is 14.2 Å². The van der Waals surface area contributed by atoms with Crippen LogP contribution < -0.4 is 19.5 Å². The number of ketones is 2. The monoisotopic (exact) mass is 478 g/mol. The van der Waals surface area contributed by atoms with Gasteiger partial charge in [-0.1, -0.05) is 12.1 Å². The largest absolute Gasteiger partial charge is 0.496 e. The van der Waals surface area contributed by atoms with E-state index in [4.69, 9.17) is 14.2 Å². The van der Waals surface area contributed by atoms with Crippen molar-refractivity contribution >= 4 is 25.3 Å². The normalized spacial score (nSPS) is 10.8. The zero-order valence-corrected chi connectivity index (χ0v) is 21.3. The minimum Gasteiger partial charge on any atom is -0.496 e. The van der Waals surface area contributed by atoms with Crippen LogP contribution in [0.1, 0.15) is 54.1 Å². The fourth-order valence-corrected chi connectivity index (χ4v) is 4.65. The Hall–Kier alpha value is -3.50. The first-order valence-electron chi connectivity index (χ1n) is 10.6. The summed E-state index contributed by atoms with van der Waals surface area (Å²) < 4.78 is 27.9. The van der Waals surface area contributed by atoms with Gasteiger partial charge in [0, 0.05) is 28.8 Å². The molecule has 0 unspecified atom stereocenters. The van der Waals surface area contributed by atoms with Crippen LogP contribution in [0.2, 0.25) is 0 Å². The molecule has 0 saturated heterocycles. The van der Waals surface area contributed by atoms with Crippen molar-refractivity contribution in [3.8, 4) is 17.2 Å². The van der Waals surface area contributed by atoms with E-state index in [1.807, 2.05) is 27.7 Å². The van der Waals surface area contributed by atoms with Gasteiger partial charge in [0.2, 0.25) is 5.78 Å². The molecule has 0 spiro atoms. The molecule has 3 rings (SSSR count). The van der Waals surface area contributed by atoms with E-state index in [9.17, 15) is 14.2 Å². The van der Waals surface area contributed by atoms with E-state index in [1.165, 1.54) is 21.3 Å². The summed E-state index contributed by atoms with van der Waals surface area (Å²) in [5.41, 5.74) is 4.43. The van der Waals surface area contributed by atoms with Crippen LogP contribution in [-0.2, 0) is 4.57 Å². The molecular weight excluding hydrogens is 451 g/mol. The molecule has 0 fully saturated rings. The van der Waals surface area contributed by atoms with Gasteiger partial charge in [-0.25, -0.2) is 0 Å². The SMILES string of the molecule is COc1cc(OC)c(C(=O)c2c(C)c(C)c(C(=O)c3ccccc3P=O)c(C)c2C)c(OC)c1. The maximum Gasteiger partial charge on any atom is 0.201 e. The van der Waals surface area contributed by atoms with E-state index in [0.717, 1.165) is 0 Å². The molecule has 0 amide bonds. The molecule has 0 aliphatic carbocycles. The molecular formula is C27H27O6P. The molecule has 0 atom stereocenters. The van der Waals surface area contributed by atoms with E-state index in [-0.39, 0.29) is 25.6 Å². The second-order valence-corrected chi connectivity index (χ2v) is 8.59. The number of hydrogen-bond donors (Lipinski definition) is 0. The number of carbonyl (C=O) groups is 2. The highest BCUT2D eigenvalue weighted by Crippen LogP contribution is 2.38. The highest BCUT2D eigenvalue weighted by atomic mass is 31.1. The standard InChI is InChI=1S/C27H27O6P/c1-14-16(3)24(27(29)25-20(32-6)12-18(31-5)13-21(25)33-7)17(4)15(2)23(14)26(28)19-10-8-9-11-22(19)34-30/h8-13H,1-7H3. The van der Waals surface area contributed by atoms with E-state index in [0.29, 0.717) is 61.5 Å². The van der Waals surface area contributed by atoms with Crippen LogP contribution in [0.15, 0.2) is 36.4 Å². The highest BCUT2D eigenvalue weighted by Gasteiger charge is 2.29. The molecule has 3 aromatic rings. The Balaban J connectivity index is 2.25. The first-order valence-corrected chi connectivity index (χ1v) is 11.4. The summed E-state index contributed by atoms with van der Waals surface area (Å²) in [5.74, 6) is 0.676. The van der Waals surface area contributed by atoms with Crippen LogP contribution in [-0.4, -0.2) is 32.9 Å². The van der Waals surface area contributed by atoms with Crippen LogP contribution in [0.4, 0.5) is 0 Å². The van der Waals surface area contributed by atoms with Crippen LogP contribution in [0, 0.1) is 27.7 Å². The second kappa shape index (κ2) is 10.2. The molecule has 0 aromatic heterocycles. The second-order valence-electron chi connectivity index (χ2n) is 7.92. The Morgan fingerprint density at radius 3 is 1.59 bits per heavy atom. The molecule has 0 aliphatic heterocycles. The molecule has 0 aliphatic rings. The van der Waals surface area contributed by atoms with Gasteiger partial charge >= 0.3 is 0 Å². The first kappa shape index (κ1) is 25.1. The summed E-state index contributed by atoms with van der Waals surface area (Å²) in [5, 5.41) is 0.425. The Bertz CT molecular complexity index is 1250. The van der Waals surface area contributed by atoms with Gasteiger partial charge in [-0.3, -0.25) is 14.2 Å². The Labute approximate surface area is 201 Å². The van der Waals surface area contributed by atoms with Crippen molar-refractivity contribution in [3.05, 3.63) is 80.9 Å². The summed E-state index contributed by atoms with van der Waals surface area (Å²) in [7, 11) is 4.27. The van der Waals surface area contributed by atoms with Crippen molar-refractivity contribution in [1.29, 1.82) is 0 Å². The van der Waals surface area contributed by atoms with Crippen LogP contribution in [0.25, 0.3) is 0 Å². The number of hydrogen-bond acceptors (Lipinski definition) is 6. The van der Waals surface area contributed by atoms with Crippen molar-refractivity contribution in [2.45, 2.75) is 27.7 Å². The number of methoxy groups -OCH3 is 3. The third-order valence-corrected chi connectivity index (χ3v) is 6.85. The first-order chi connectivity index (χ1) is 16.2. The molecule has 6 nitrogen and oxygen atoms in total. The number of carbonyl (C=O) groups excluding carboxylic acids is 2. The zero-order chi connectivity index (χ0) is 25.2. The van der Waals surface area contributed by atoms with E-state index in [2.05, 4.69) is 0 Å². The summed E-state index contributed by atoms with van der Waals surface area (Å²) in [4.78, 5) is 27.4. The molecule has 7 heteroatoms. The van der Waals surface area contributed by atoms with Gasteiger partial charge in [-0.05, 0) is 62.1 Å². The smallest absolute Gasteiger partial charge is 0.201 e. The molecule has 3 aromatic carbocycles. The van der Waals surface area contributed by atoms with Gasteiger partial charge in [0.05, 0.1) is 26.6 Å². The topological polar surface area (TPSA) is 78.9 Å². The van der Waals surface area contributed by atoms with Gasteiger partial charge in [-0.15, -0.1) is 0 Å². The van der Waals surface area contributed by atoms with Gasteiger partial charge in [-0.2, -0.15) is 0 Å². The zero-order valence-electron chi connectivity index (χ0n) is 20.4. The van der Waals surface area contributed by atoms with E-state index >= 15 is 0 Å². The number of benzene rings is 3. The van der Waals surface area contributed by atoms with Crippen LogP contribution in [0.3, 0.4) is 0 Å². The predicted octanol–water partition coefficient (Wildman–Crippen LogP) is 5.33. The molecule has 0 saturated carbocycles. The number of ether oxygens (including phenoxy) is 3. The maximum atomic E-state index is 13.9. The molecule has 34 heavy (non-hydrogen) atoms. The maximum absolute atomic E-state index is 13.9. The van der Waals surface area contributed by atoms with Crippen LogP contribution >= 0.6 is 8.46 Å². The number of rotatable bonds is 8. The minimum atomic E-state index is -0.268. The van der Waals surface area contributed by atoms with Gasteiger partial charge < -0.3 is 14.2 Å². The lowest BCUT2D eigenvalue weighted by Crippen LogP contribution is -2.18. The molecule has 0 heterocycles. The Morgan fingerprint density at radius 1 is 0.676 bits per heavy atom. The highest BCUT2D eigenvalue weighted by molar-refractivity contribution is 7.34. The quantitative estimate of drug-likeness (QED) is 0.322. The molecule has 0 N–H and O–H groups in total. The molecule has 176 valence electrons. The summed E-state index contributed by atoms with van der Waals surface area (Å²) in [6, 6.07) is 10.1. The average molecular weight is 478 g/mol. The average Bonchev–Trinajstić information content (AvgIpc) is 2.86. The van der Waals surface area contributed by atoms with E-state index < -0.39 is 0 Å². The van der Waals surface area contributed by atoms with Crippen molar-refractivity contribution in [1.82, 2.24) is 0 Å². The van der Waals surface area contributed by atoms with Gasteiger partial charge in [0.1, 0.15) is 22.8 Å². The Morgan fingerprint density at radius 2 is 1.15 bits per heavy atom. The predicted molar refractivity (Wildman–Crippen MR) is 132 cm³/mol. The van der Waals surface area contributed by atoms with Crippen LogP contribution in [0.5, 0.6) is 17.2 Å². The summed E-state index contributed by atoms with van der Waals surface area (Å²) >= 11 is 0. The molecule has 0 bridgehead atoms. The van der Waals surface area contributed by atoms with E-state index in [1.54, 1.807) is 36.4 Å². The molecule has 0 radical (unpaired) electrons. The lowest BCUT2D eigenvalue weighted by Gasteiger charge is -2.21. The van der Waals surface area contributed by atoms with Crippen molar-refractivity contribution < 1.29 is 28.4 Å². The van der Waals surface area contributed by atoms with Crippen molar-refractivity contribution in [2.75, 3.05) is 21.3 Å². The lowest BCUT2D eigenvalue weighted by atomic mass is 9.83. The fraction of sp³-hybridized carbons (Fsp3) is 0.259.